The number of nitrogens with one attached hydrogen (secondary N) is 4. The van der Waals surface area contributed by atoms with E-state index in [1.807, 2.05) is 32.0 Å². The van der Waals surface area contributed by atoms with Crippen molar-refractivity contribution in [1.82, 2.24) is 30.5 Å². The van der Waals surface area contributed by atoms with Gasteiger partial charge in [-0.3, -0.25) is 29.5 Å². The number of ether oxygens (including phenoxy) is 1. The smallest absolute Gasteiger partial charge is 0.328 e. The normalized spacial score (nSPS) is 22.4. The molecule has 1 saturated carbocycles. The summed E-state index contributed by atoms with van der Waals surface area (Å²) in [6.45, 7) is 6.30. The molecular formula is C35H35ClN10O5S. The fourth-order valence-electron chi connectivity index (χ4n) is 7.11. The number of para-hydroxylation sites is 1. The third kappa shape index (κ3) is 6.37. The third-order valence-corrected chi connectivity index (χ3v) is 11.0. The molecule has 1 spiro atoms. The molecule has 4 unspecified atom stereocenters. The number of hydrogen-bond donors (Lipinski definition) is 4. The van der Waals surface area contributed by atoms with E-state index in [0.717, 1.165) is 30.9 Å². The van der Waals surface area contributed by atoms with Gasteiger partial charge in [0.05, 0.1) is 34.5 Å². The number of aromatic nitrogens is 3. The minimum absolute atomic E-state index is 0.108. The zero-order chi connectivity index (χ0) is 36.1. The van der Waals surface area contributed by atoms with Crippen LogP contribution in [0.15, 0.2) is 54.7 Å². The number of urea groups is 1. The van der Waals surface area contributed by atoms with Crippen LogP contribution in [0, 0.1) is 13.8 Å². The molecule has 4 aliphatic rings. The predicted molar refractivity (Wildman–Crippen MR) is 196 cm³/mol. The van der Waals surface area contributed by atoms with Gasteiger partial charge in [0, 0.05) is 44.4 Å². The van der Waals surface area contributed by atoms with Crippen LogP contribution in [-0.2, 0) is 9.59 Å². The van der Waals surface area contributed by atoms with Crippen molar-refractivity contribution in [2.24, 2.45) is 0 Å². The molecule has 4 atom stereocenters. The Bertz CT molecular complexity index is 2080. The summed E-state index contributed by atoms with van der Waals surface area (Å²) in [6.07, 6.45) is 2.61. The largest absolute Gasteiger partial charge is 0.484 e. The number of carbonyl (C=O) groups excluding carboxylic acids is 4. The van der Waals surface area contributed by atoms with Crippen molar-refractivity contribution in [3.05, 3.63) is 76.0 Å². The maximum atomic E-state index is 12.9. The lowest BCUT2D eigenvalue weighted by atomic mass is 10.1. The summed E-state index contributed by atoms with van der Waals surface area (Å²) in [5.74, 6) is 1.85. The van der Waals surface area contributed by atoms with Crippen LogP contribution in [0.4, 0.5) is 32.9 Å². The molecule has 4 N–H and O–H groups in total. The maximum Gasteiger partial charge on any atom is 0.328 e. The molecule has 0 radical (unpaired) electrons. The van der Waals surface area contributed by atoms with Crippen LogP contribution in [0.25, 0.3) is 0 Å². The summed E-state index contributed by atoms with van der Waals surface area (Å²) < 4.78 is 5.61. The molecule has 5 heterocycles. The fourth-order valence-corrected chi connectivity index (χ4v) is 8.10. The first-order chi connectivity index (χ1) is 25.1. The third-order valence-electron chi connectivity index (χ3n) is 9.79. The van der Waals surface area contributed by atoms with E-state index in [4.69, 9.17) is 16.3 Å². The second-order valence-electron chi connectivity index (χ2n) is 13.1. The minimum Gasteiger partial charge on any atom is -0.484 e. The number of imide groups is 1. The topological polar surface area (TPSA) is 174 Å². The van der Waals surface area contributed by atoms with Gasteiger partial charge in [-0.1, -0.05) is 35.1 Å². The summed E-state index contributed by atoms with van der Waals surface area (Å²) in [5.41, 5.74) is 2.32. The molecule has 2 aromatic heterocycles. The number of anilines is 5. The quantitative estimate of drug-likeness (QED) is 0.116. The van der Waals surface area contributed by atoms with Crippen LogP contribution in [0.3, 0.4) is 0 Å². The molecule has 4 fully saturated rings. The predicted octanol–water partition coefficient (Wildman–Crippen LogP) is 3.86. The first kappa shape index (κ1) is 33.8. The molecule has 0 bridgehead atoms. The second kappa shape index (κ2) is 13.3. The average Bonchev–Trinajstić information content (AvgIpc) is 3.79. The number of nitrogens with zero attached hydrogens (tertiary/aromatic N) is 6. The lowest BCUT2D eigenvalue weighted by Crippen LogP contribution is -2.58. The second-order valence-corrected chi connectivity index (χ2v) is 14.6. The van der Waals surface area contributed by atoms with Gasteiger partial charge in [-0.15, -0.1) is 0 Å². The number of likely N-dealkylation sites (tertiary alicyclic amines) is 1. The van der Waals surface area contributed by atoms with Crippen molar-refractivity contribution >= 4 is 74.8 Å². The molecule has 15 nitrogen and oxygen atoms in total. The number of carbonyl (C=O) groups is 4. The summed E-state index contributed by atoms with van der Waals surface area (Å²) in [6, 6.07) is 14.7. The van der Waals surface area contributed by atoms with E-state index >= 15 is 0 Å². The molecule has 17 heteroatoms. The number of rotatable bonds is 13. The number of benzene rings is 2. The van der Waals surface area contributed by atoms with Gasteiger partial charge in [0.1, 0.15) is 28.1 Å². The van der Waals surface area contributed by atoms with Gasteiger partial charge >= 0.3 is 6.03 Å². The molecule has 8 rings (SSSR count). The Morgan fingerprint density at radius 3 is 2.69 bits per heavy atom. The summed E-state index contributed by atoms with van der Waals surface area (Å²) >= 11 is 7.50. The number of thiazole rings is 1. The van der Waals surface area contributed by atoms with Crippen molar-refractivity contribution in [3.8, 4) is 5.75 Å². The molecule has 5 amide bonds. The maximum absolute atomic E-state index is 12.9. The van der Waals surface area contributed by atoms with E-state index in [-0.39, 0.29) is 36.3 Å². The standard InChI is InChI=1S/C35H35ClN10O5S/c1-19-5-3-6-23(36)29(19)43-32(49)24-16-38-33(52-24)41-25-15-26(40-20(2)39-25)45-18-35-30(45)31(35)46(35)13-4-12-37-28(48)17-51-22-9-7-21(8-10-22)44-14-11-27(47)42-34(44)50/h3,5-10,15-16,30-31H,4,11-14,17-18H2,1-2H3,(H,37,48)(H,43,49)(H,42,47,50)(H,38,39,40,41). The van der Waals surface area contributed by atoms with Crippen molar-refractivity contribution in [3.63, 3.8) is 0 Å². The van der Waals surface area contributed by atoms with Crippen molar-refractivity contribution in [2.45, 2.75) is 44.3 Å². The Morgan fingerprint density at radius 1 is 1.12 bits per heavy atom. The van der Waals surface area contributed by atoms with Crippen LogP contribution < -0.4 is 35.8 Å². The Morgan fingerprint density at radius 2 is 1.94 bits per heavy atom. The summed E-state index contributed by atoms with van der Waals surface area (Å²) in [4.78, 5) is 69.0. The highest BCUT2D eigenvalue weighted by Gasteiger charge is 2.93. The summed E-state index contributed by atoms with van der Waals surface area (Å²) in [5, 5.41) is 12.4. The SMILES string of the molecule is Cc1nc(Nc2ncc(C(=O)Nc3c(C)cccc3Cl)s2)cc(N2CC34C2C3N4CCCNC(=O)COc2ccc(N3CCC(=O)NC3=O)cc2)n1. The molecule has 1 aliphatic carbocycles. The Kier molecular flexibility index (Phi) is 8.67. The van der Waals surface area contributed by atoms with Crippen molar-refractivity contribution < 1.29 is 23.9 Å². The van der Waals surface area contributed by atoms with E-state index < -0.39 is 6.03 Å². The van der Waals surface area contributed by atoms with Gasteiger partial charge in [0.2, 0.25) is 5.91 Å². The molecule has 3 saturated heterocycles. The van der Waals surface area contributed by atoms with Crippen LogP contribution in [0.1, 0.15) is 33.9 Å². The lowest BCUT2D eigenvalue weighted by molar-refractivity contribution is -0.123. The average molecular weight is 743 g/mol. The van der Waals surface area contributed by atoms with Crippen LogP contribution in [-0.4, -0.2) is 94.0 Å². The zero-order valence-corrected chi connectivity index (χ0v) is 29.9. The zero-order valence-electron chi connectivity index (χ0n) is 28.3. The lowest BCUT2D eigenvalue weighted by Gasteiger charge is -2.42. The van der Waals surface area contributed by atoms with Gasteiger partial charge in [-0.25, -0.2) is 19.7 Å². The highest BCUT2D eigenvalue weighted by atomic mass is 35.5. The van der Waals surface area contributed by atoms with Gasteiger partial charge in [-0.2, -0.15) is 0 Å². The van der Waals surface area contributed by atoms with Crippen molar-refractivity contribution in [2.75, 3.05) is 53.2 Å². The van der Waals surface area contributed by atoms with Crippen molar-refractivity contribution in [1.29, 1.82) is 0 Å². The van der Waals surface area contributed by atoms with E-state index in [0.29, 0.717) is 69.0 Å². The highest BCUT2D eigenvalue weighted by molar-refractivity contribution is 7.17. The number of fused-ring (bicyclic) bond motifs is 1. The number of halogens is 1. The van der Waals surface area contributed by atoms with E-state index in [1.165, 1.54) is 22.4 Å². The molecule has 3 aliphatic heterocycles. The number of hydrogen-bond acceptors (Lipinski definition) is 12. The van der Waals surface area contributed by atoms with Gasteiger partial charge in [0.25, 0.3) is 11.8 Å². The van der Waals surface area contributed by atoms with Gasteiger partial charge in [-0.05, 0) is 56.2 Å². The molecule has 2 aromatic carbocycles. The number of piperazine rings is 1. The summed E-state index contributed by atoms with van der Waals surface area (Å²) in [7, 11) is 0. The fraction of sp³-hybridized carbons (Fsp3) is 0.343. The van der Waals surface area contributed by atoms with E-state index in [9.17, 15) is 19.2 Å². The van der Waals surface area contributed by atoms with Gasteiger partial charge < -0.3 is 25.6 Å². The number of amides is 5. The van der Waals surface area contributed by atoms with Crippen LogP contribution >= 0.6 is 22.9 Å². The minimum atomic E-state index is -0.449. The van der Waals surface area contributed by atoms with E-state index in [2.05, 4.69) is 46.0 Å². The first-order valence-corrected chi connectivity index (χ1v) is 18.1. The molecule has 52 heavy (non-hydrogen) atoms. The highest BCUT2D eigenvalue weighted by Crippen LogP contribution is 2.72. The number of aryl methyl sites for hydroxylation is 2. The molecular weight excluding hydrogens is 708 g/mol. The van der Waals surface area contributed by atoms with Crippen LogP contribution in [0.5, 0.6) is 5.75 Å². The first-order valence-electron chi connectivity index (χ1n) is 16.9. The Balaban J connectivity index is 0.754. The Labute approximate surface area is 307 Å². The van der Waals surface area contributed by atoms with Gasteiger partial charge in [0.15, 0.2) is 11.7 Å². The van der Waals surface area contributed by atoms with Crippen LogP contribution in [0.2, 0.25) is 5.02 Å². The molecule has 4 aromatic rings. The monoisotopic (exact) mass is 742 g/mol. The Hall–Kier alpha value is -5.32. The molecule has 268 valence electrons. The van der Waals surface area contributed by atoms with E-state index in [1.54, 1.807) is 30.3 Å².